The smallest absolute Gasteiger partial charge is 0.298 e. The SMILES string of the molecule is COc1ccc(N=C(NC#N)SC)c([N+](=O)[O-])c1. The third-order valence-corrected chi connectivity index (χ3v) is 2.54. The number of nitrogens with one attached hydrogen (secondary N) is 1. The predicted octanol–water partition coefficient (Wildman–Crippen LogP) is 2.02. The molecular formula is C10H10N4O3S. The molecule has 0 aliphatic heterocycles. The van der Waals surface area contributed by atoms with Gasteiger partial charge in [0.25, 0.3) is 5.69 Å². The Hall–Kier alpha value is -2.27. The molecule has 0 aliphatic carbocycles. The van der Waals surface area contributed by atoms with Crippen molar-refractivity contribution >= 4 is 28.3 Å². The topological polar surface area (TPSA) is 101 Å². The summed E-state index contributed by atoms with van der Waals surface area (Å²) >= 11 is 1.18. The molecule has 1 aromatic rings. The van der Waals surface area contributed by atoms with E-state index >= 15 is 0 Å². The van der Waals surface area contributed by atoms with E-state index in [1.54, 1.807) is 18.5 Å². The molecule has 7 nitrogen and oxygen atoms in total. The zero-order chi connectivity index (χ0) is 13.5. The number of aliphatic imine (C=N–C) groups is 1. The Kier molecular flexibility index (Phi) is 4.95. The summed E-state index contributed by atoms with van der Waals surface area (Å²) in [5.41, 5.74) is -0.0199. The molecule has 0 unspecified atom stereocenters. The Morgan fingerprint density at radius 3 is 2.89 bits per heavy atom. The number of hydrogen-bond acceptors (Lipinski definition) is 6. The van der Waals surface area contributed by atoms with Crippen LogP contribution in [0.25, 0.3) is 0 Å². The quantitative estimate of drug-likeness (QED) is 0.224. The lowest BCUT2D eigenvalue weighted by molar-refractivity contribution is -0.384. The Morgan fingerprint density at radius 2 is 2.39 bits per heavy atom. The van der Waals surface area contributed by atoms with Gasteiger partial charge in [-0.2, -0.15) is 5.26 Å². The van der Waals surface area contributed by atoms with Gasteiger partial charge in [-0.25, -0.2) is 4.99 Å². The van der Waals surface area contributed by atoms with Crippen LogP contribution in [-0.2, 0) is 0 Å². The minimum atomic E-state index is -0.550. The van der Waals surface area contributed by atoms with E-state index in [4.69, 9.17) is 10.00 Å². The molecule has 0 saturated carbocycles. The third kappa shape index (κ3) is 3.36. The number of rotatable bonds is 3. The van der Waals surface area contributed by atoms with Crippen molar-refractivity contribution in [2.45, 2.75) is 0 Å². The van der Waals surface area contributed by atoms with Gasteiger partial charge >= 0.3 is 0 Å². The molecule has 1 aromatic carbocycles. The van der Waals surface area contributed by atoms with E-state index in [0.717, 1.165) is 0 Å². The fourth-order valence-corrected chi connectivity index (χ4v) is 1.49. The number of nitro benzene ring substituents is 1. The van der Waals surface area contributed by atoms with Crippen molar-refractivity contribution in [3.8, 4) is 11.9 Å². The van der Waals surface area contributed by atoms with E-state index in [9.17, 15) is 10.1 Å². The van der Waals surface area contributed by atoms with Crippen LogP contribution >= 0.6 is 11.8 Å². The first kappa shape index (κ1) is 13.8. The summed E-state index contributed by atoms with van der Waals surface area (Å²) < 4.78 is 4.91. The predicted molar refractivity (Wildman–Crippen MR) is 69.0 cm³/mol. The maximum Gasteiger partial charge on any atom is 0.298 e. The molecule has 8 heteroatoms. The first-order valence-corrected chi connectivity index (χ1v) is 5.95. The van der Waals surface area contributed by atoms with Crippen LogP contribution in [0.4, 0.5) is 11.4 Å². The molecule has 0 bridgehead atoms. The van der Waals surface area contributed by atoms with Crippen LogP contribution in [0.15, 0.2) is 23.2 Å². The molecule has 0 amide bonds. The number of nitriles is 1. The van der Waals surface area contributed by atoms with Crippen molar-refractivity contribution in [2.24, 2.45) is 4.99 Å². The van der Waals surface area contributed by atoms with Gasteiger partial charge in [0.05, 0.1) is 18.1 Å². The Bertz CT molecular complexity index is 524. The van der Waals surface area contributed by atoms with Crippen LogP contribution in [0.2, 0.25) is 0 Å². The molecule has 0 radical (unpaired) electrons. The Labute approximate surface area is 108 Å². The average Bonchev–Trinajstić information content (AvgIpc) is 2.38. The molecule has 94 valence electrons. The van der Waals surface area contributed by atoms with Gasteiger partial charge in [-0.15, -0.1) is 0 Å². The third-order valence-electron chi connectivity index (χ3n) is 1.96. The minimum absolute atomic E-state index is 0.160. The number of nitro groups is 1. The molecule has 0 heterocycles. The number of nitrogens with zero attached hydrogens (tertiary/aromatic N) is 3. The van der Waals surface area contributed by atoms with Gasteiger partial charge in [0.1, 0.15) is 11.4 Å². The van der Waals surface area contributed by atoms with Crippen LogP contribution in [0, 0.1) is 21.6 Å². The molecule has 0 spiro atoms. The van der Waals surface area contributed by atoms with E-state index in [2.05, 4.69) is 10.3 Å². The maximum atomic E-state index is 10.9. The zero-order valence-electron chi connectivity index (χ0n) is 9.71. The number of benzene rings is 1. The summed E-state index contributed by atoms with van der Waals surface area (Å²) in [4.78, 5) is 14.4. The minimum Gasteiger partial charge on any atom is -0.496 e. The summed E-state index contributed by atoms with van der Waals surface area (Å²) in [7, 11) is 1.42. The number of hydrogen-bond donors (Lipinski definition) is 1. The monoisotopic (exact) mass is 266 g/mol. The maximum absolute atomic E-state index is 10.9. The van der Waals surface area contributed by atoms with Gasteiger partial charge in [-0.1, -0.05) is 11.8 Å². The summed E-state index contributed by atoms with van der Waals surface area (Å²) in [5, 5.41) is 22.0. The van der Waals surface area contributed by atoms with E-state index in [0.29, 0.717) is 5.75 Å². The van der Waals surface area contributed by atoms with Crippen LogP contribution in [0.3, 0.4) is 0 Å². The lowest BCUT2D eigenvalue weighted by Crippen LogP contribution is -2.12. The molecule has 0 fully saturated rings. The number of thioether (sulfide) groups is 1. The van der Waals surface area contributed by atoms with E-state index in [1.165, 1.54) is 31.0 Å². The molecule has 1 rings (SSSR count). The zero-order valence-corrected chi connectivity index (χ0v) is 10.5. The van der Waals surface area contributed by atoms with E-state index < -0.39 is 4.92 Å². The van der Waals surface area contributed by atoms with Gasteiger partial charge in [0.15, 0.2) is 11.4 Å². The number of ether oxygens (including phenoxy) is 1. The Balaban J connectivity index is 3.23. The van der Waals surface area contributed by atoms with Crippen LogP contribution in [0.1, 0.15) is 0 Å². The largest absolute Gasteiger partial charge is 0.496 e. The van der Waals surface area contributed by atoms with Crippen molar-refractivity contribution in [3.63, 3.8) is 0 Å². The van der Waals surface area contributed by atoms with Crippen molar-refractivity contribution in [1.82, 2.24) is 5.32 Å². The second-order valence-corrected chi connectivity index (χ2v) is 3.76. The van der Waals surface area contributed by atoms with Crippen molar-refractivity contribution < 1.29 is 9.66 Å². The molecule has 18 heavy (non-hydrogen) atoms. The highest BCUT2D eigenvalue weighted by Crippen LogP contribution is 2.31. The highest BCUT2D eigenvalue weighted by atomic mass is 32.2. The van der Waals surface area contributed by atoms with Gasteiger partial charge in [-0.05, 0) is 18.4 Å². The van der Waals surface area contributed by atoms with Crippen molar-refractivity contribution in [2.75, 3.05) is 13.4 Å². The number of amidine groups is 1. The molecular weight excluding hydrogens is 256 g/mol. The fourth-order valence-electron chi connectivity index (χ4n) is 1.15. The molecule has 0 saturated heterocycles. The summed E-state index contributed by atoms with van der Waals surface area (Å²) in [6.07, 6.45) is 3.42. The van der Waals surface area contributed by atoms with E-state index in [1.807, 2.05) is 0 Å². The second-order valence-electron chi connectivity index (χ2n) is 2.97. The number of methoxy groups -OCH3 is 1. The van der Waals surface area contributed by atoms with Crippen molar-refractivity contribution in [1.29, 1.82) is 5.26 Å². The summed E-state index contributed by atoms with van der Waals surface area (Å²) in [6.45, 7) is 0. The van der Waals surface area contributed by atoms with Crippen LogP contribution in [-0.4, -0.2) is 23.5 Å². The lowest BCUT2D eigenvalue weighted by atomic mass is 10.2. The fraction of sp³-hybridized carbons (Fsp3) is 0.200. The molecule has 0 aliphatic rings. The summed E-state index contributed by atoms with van der Waals surface area (Å²) in [6, 6.07) is 4.31. The van der Waals surface area contributed by atoms with Gasteiger partial charge in [-0.3, -0.25) is 15.4 Å². The normalized spacial score (nSPS) is 10.6. The lowest BCUT2D eigenvalue weighted by Gasteiger charge is -2.03. The molecule has 0 atom stereocenters. The first-order valence-electron chi connectivity index (χ1n) is 4.72. The molecule has 0 aromatic heterocycles. The van der Waals surface area contributed by atoms with Crippen LogP contribution in [0.5, 0.6) is 5.75 Å². The average molecular weight is 266 g/mol. The highest BCUT2D eigenvalue weighted by molar-refractivity contribution is 8.13. The van der Waals surface area contributed by atoms with Crippen LogP contribution < -0.4 is 10.1 Å². The van der Waals surface area contributed by atoms with Gasteiger partial charge < -0.3 is 4.74 Å². The molecule has 1 N–H and O–H groups in total. The highest BCUT2D eigenvalue weighted by Gasteiger charge is 2.15. The summed E-state index contributed by atoms with van der Waals surface area (Å²) in [5.74, 6) is 0.375. The van der Waals surface area contributed by atoms with E-state index in [-0.39, 0.29) is 16.5 Å². The first-order chi connectivity index (χ1) is 8.62. The standard InChI is InChI=1S/C10H10N4O3S/c1-17-7-3-4-8(9(5-7)14(15)16)13-10(18-2)12-6-11/h3-5H,1-2H3,(H,12,13). The second kappa shape index (κ2) is 6.46. The van der Waals surface area contributed by atoms with Gasteiger partial charge in [0, 0.05) is 0 Å². The van der Waals surface area contributed by atoms with Gasteiger partial charge in [0.2, 0.25) is 0 Å². The van der Waals surface area contributed by atoms with Crippen molar-refractivity contribution in [3.05, 3.63) is 28.3 Å². The Morgan fingerprint density at radius 1 is 1.67 bits per heavy atom.